The van der Waals surface area contributed by atoms with E-state index in [0.717, 1.165) is 60.8 Å². The van der Waals surface area contributed by atoms with Crippen LogP contribution in [0.1, 0.15) is 6.42 Å². The molecule has 5 rings (SSSR count). The molecule has 1 fully saturated rings. The maximum atomic E-state index is 6.19. The molecule has 1 aliphatic rings. The fourth-order valence-corrected chi connectivity index (χ4v) is 3.90. The molecule has 1 aliphatic heterocycles. The van der Waals surface area contributed by atoms with E-state index in [1.807, 2.05) is 42.9 Å². The van der Waals surface area contributed by atoms with E-state index >= 15 is 0 Å². The molecule has 0 unspecified atom stereocenters. The summed E-state index contributed by atoms with van der Waals surface area (Å²) in [4.78, 5) is 18.4. The number of nitrogens with zero attached hydrogens (tertiary/aromatic N) is 7. The van der Waals surface area contributed by atoms with Crippen LogP contribution >= 0.6 is 0 Å². The van der Waals surface area contributed by atoms with Crippen molar-refractivity contribution < 1.29 is 0 Å². The SMILES string of the molecule is CN1CCCN(c2cc(-c3cnc4c(-c5ccccn5)c(N)nn4c3)ccn2)CC1. The van der Waals surface area contributed by atoms with Crippen LogP contribution in [0.25, 0.3) is 28.0 Å². The number of hydrogen-bond acceptors (Lipinski definition) is 7. The monoisotopic (exact) mass is 400 g/mol. The van der Waals surface area contributed by atoms with Gasteiger partial charge in [-0.05, 0) is 49.8 Å². The van der Waals surface area contributed by atoms with Gasteiger partial charge >= 0.3 is 0 Å². The lowest BCUT2D eigenvalue weighted by Gasteiger charge is -2.22. The highest BCUT2D eigenvalue weighted by Crippen LogP contribution is 2.29. The van der Waals surface area contributed by atoms with Crippen molar-refractivity contribution in [3.05, 3.63) is 55.1 Å². The van der Waals surface area contributed by atoms with E-state index in [4.69, 9.17) is 5.73 Å². The Bertz CT molecular complexity index is 1170. The molecule has 0 aliphatic carbocycles. The van der Waals surface area contributed by atoms with Gasteiger partial charge in [0.25, 0.3) is 0 Å². The van der Waals surface area contributed by atoms with Crippen LogP contribution in [0.5, 0.6) is 0 Å². The lowest BCUT2D eigenvalue weighted by Crippen LogP contribution is -2.29. The molecule has 0 saturated carbocycles. The predicted octanol–water partition coefficient (Wildman–Crippen LogP) is 2.58. The van der Waals surface area contributed by atoms with Gasteiger partial charge < -0.3 is 15.5 Å². The van der Waals surface area contributed by atoms with Gasteiger partial charge in [-0.25, -0.2) is 14.5 Å². The lowest BCUT2D eigenvalue weighted by atomic mass is 10.1. The molecule has 5 heterocycles. The summed E-state index contributed by atoms with van der Waals surface area (Å²) >= 11 is 0. The van der Waals surface area contributed by atoms with Crippen LogP contribution in [0, 0.1) is 0 Å². The zero-order valence-corrected chi connectivity index (χ0v) is 16.9. The molecule has 1 saturated heterocycles. The molecule has 0 amide bonds. The summed E-state index contributed by atoms with van der Waals surface area (Å²) in [7, 11) is 2.17. The molecule has 2 N–H and O–H groups in total. The summed E-state index contributed by atoms with van der Waals surface area (Å²) in [5.41, 5.74) is 10.4. The third kappa shape index (κ3) is 3.46. The summed E-state index contributed by atoms with van der Waals surface area (Å²) in [5.74, 6) is 1.42. The molecule has 0 atom stereocenters. The summed E-state index contributed by atoms with van der Waals surface area (Å²) < 4.78 is 1.73. The molecule has 0 spiro atoms. The van der Waals surface area contributed by atoms with E-state index < -0.39 is 0 Å². The van der Waals surface area contributed by atoms with Gasteiger partial charge in [-0.2, -0.15) is 0 Å². The second kappa shape index (κ2) is 7.72. The van der Waals surface area contributed by atoms with Crippen LogP contribution in [-0.2, 0) is 0 Å². The molecular formula is C22H24N8. The Kier molecular flexibility index (Phi) is 4.76. The van der Waals surface area contributed by atoms with Crippen LogP contribution < -0.4 is 10.6 Å². The van der Waals surface area contributed by atoms with E-state index in [-0.39, 0.29) is 0 Å². The normalized spacial score (nSPS) is 15.4. The number of anilines is 2. The first-order chi connectivity index (χ1) is 14.7. The largest absolute Gasteiger partial charge is 0.382 e. The standard InChI is InChI=1S/C22H24N8/c1-28-9-4-10-29(12-11-28)19-13-16(6-8-25-19)17-14-26-22-20(18-5-2-3-7-24-18)21(23)27-30(22)15-17/h2-3,5-8,13-15H,4,9-12H2,1H3,(H2,23,27). The number of nitrogen functional groups attached to an aromatic ring is 1. The molecule has 0 bridgehead atoms. The highest BCUT2D eigenvalue weighted by atomic mass is 15.3. The Balaban J connectivity index is 1.50. The van der Waals surface area contributed by atoms with E-state index in [9.17, 15) is 0 Å². The van der Waals surface area contributed by atoms with Crippen molar-refractivity contribution in [1.29, 1.82) is 0 Å². The Hall–Kier alpha value is -3.52. The third-order valence-corrected chi connectivity index (χ3v) is 5.54. The number of rotatable bonds is 3. The summed E-state index contributed by atoms with van der Waals surface area (Å²) in [6.07, 6.45) is 8.56. The molecule has 4 aromatic heterocycles. The molecule has 152 valence electrons. The minimum Gasteiger partial charge on any atom is -0.382 e. The maximum absolute atomic E-state index is 6.19. The van der Waals surface area contributed by atoms with E-state index in [0.29, 0.717) is 11.5 Å². The van der Waals surface area contributed by atoms with Crippen LogP contribution in [-0.4, -0.2) is 62.7 Å². The highest BCUT2D eigenvalue weighted by molar-refractivity contribution is 5.84. The Morgan fingerprint density at radius 1 is 0.933 bits per heavy atom. The first-order valence-electron chi connectivity index (χ1n) is 10.1. The predicted molar refractivity (Wildman–Crippen MR) is 118 cm³/mol. The number of likely N-dealkylation sites (N-methyl/N-ethyl adjacent to an activating group) is 1. The van der Waals surface area contributed by atoms with Gasteiger partial charge in [-0.1, -0.05) is 6.07 Å². The highest BCUT2D eigenvalue weighted by Gasteiger charge is 2.17. The topological polar surface area (TPSA) is 88.5 Å². The van der Waals surface area contributed by atoms with Gasteiger partial charge in [0.15, 0.2) is 11.5 Å². The number of fused-ring (bicyclic) bond motifs is 1. The van der Waals surface area contributed by atoms with Crippen molar-refractivity contribution in [3.8, 4) is 22.4 Å². The second-order valence-corrected chi connectivity index (χ2v) is 7.63. The third-order valence-electron chi connectivity index (χ3n) is 5.54. The summed E-state index contributed by atoms with van der Waals surface area (Å²) in [5, 5.41) is 4.47. The fraction of sp³-hybridized carbons (Fsp3) is 0.273. The van der Waals surface area contributed by atoms with Crippen molar-refractivity contribution in [2.45, 2.75) is 6.42 Å². The summed E-state index contributed by atoms with van der Waals surface area (Å²) in [6.45, 7) is 4.16. The molecule has 0 aromatic carbocycles. The Morgan fingerprint density at radius 2 is 1.87 bits per heavy atom. The van der Waals surface area contributed by atoms with E-state index in [2.05, 4.69) is 43.0 Å². The maximum Gasteiger partial charge on any atom is 0.166 e. The zero-order valence-electron chi connectivity index (χ0n) is 16.9. The first-order valence-corrected chi connectivity index (χ1v) is 10.1. The quantitative estimate of drug-likeness (QED) is 0.565. The molecule has 8 heteroatoms. The number of hydrogen-bond donors (Lipinski definition) is 1. The van der Waals surface area contributed by atoms with Gasteiger partial charge in [0.05, 0.1) is 11.3 Å². The van der Waals surface area contributed by atoms with Crippen LogP contribution in [0.3, 0.4) is 0 Å². The van der Waals surface area contributed by atoms with Crippen molar-refractivity contribution in [2.75, 3.05) is 43.9 Å². The molecule has 0 radical (unpaired) electrons. The Morgan fingerprint density at radius 3 is 2.73 bits per heavy atom. The van der Waals surface area contributed by atoms with Crippen molar-refractivity contribution in [3.63, 3.8) is 0 Å². The molecule has 8 nitrogen and oxygen atoms in total. The lowest BCUT2D eigenvalue weighted by molar-refractivity contribution is 0.360. The zero-order chi connectivity index (χ0) is 20.5. The average Bonchev–Trinajstić information content (AvgIpc) is 2.95. The van der Waals surface area contributed by atoms with Gasteiger partial charge in [-0.3, -0.25) is 4.98 Å². The first kappa shape index (κ1) is 18.5. The van der Waals surface area contributed by atoms with Crippen LogP contribution in [0.15, 0.2) is 55.1 Å². The van der Waals surface area contributed by atoms with Crippen LogP contribution in [0.4, 0.5) is 11.6 Å². The van der Waals surface area contributed by atoms with Gasteiger partial charge in [0.1, 0.15) is 5.82 Å². The average molecular weight is 400 g/mol. The molecular weight excluding hydrogens is 376 g/mol. The fourth-order valence-electron chi connectivity index (χ4n) is 3.90. The molecule has 4 aromatic rings. The minimum absolute atomic E-state index is 0.419. The number of aromatic nitrogens is 5. The van der Waals surface area contributed by atoms with E-state index in [1.165, 1.54) is 0 Å². The summed E-state index contributed by atoms with van der Waals surface area (Å²) in [6, 6.07) is 9.85. The number of nitrogens with two attached hydrogens (primary N) is 1. The van der Waals surface area contributed by atoms with Crippen molar-refractivity contribution >= 4 is 17.3 Å². The smallest absolute Gasteiger partial charge is 0.166 e. The Labute approximate surface area is 175 Å². The molecule has 30 heavy (non-hydrogen) atoms. The number of pyridine rings is 2. The van der Waals surface area contributed by atoms with Crippen molar-refractivity contribution in [1.82, 2.24) is 29.5 Å². The van der Waals surface area contributed by atoms with Crippen LogP contribution in [0.2, 0.25) is 0 Å². The minimum atomic E-state index is 0.419. The van der Waals surface area contributed by atoms with Gasteiger partial charge in [-0.15, -0.1) is 5.10 Å². The van der Waals surface area contributed by atoms with Gasteiger partial charge in [0, 0.05) is 50.0 Å². The van der Waals surface area contributed by atoms with E-state index in [1.54, 1.807) is 10.7 Å². The van der Waals surface area contributed by atoms with Gasteiger partial charge in [0.2, 0.25) is 0 Å². The second-order valence-electron chi connectivity index (χ2n) is 7.63. The van der Waals surface area contributed by atoms with Crippen molar-refractivity contribution in [2.24, 2.45) is 0 Å².